The Morgan fingerprint density at radius 1 is 1.33 bits per heavy atom. The highest BCUT2D eigenvalue weighted by Gasteiger charge is 2.37. The molecule has 0 radical (unpaired) electrons. The van der Waals surface area contributed by atoms with Crippen molar-refractivity contribution in [3.63, 3.8) is 0 Å². The monoisotopic (exact) mass is 290 g/mol. The highest BCUT2D eigenvalue weighted by atomic mass is 16.3. The molecule has 2 fully saturated rings. The third-order valence-corrected chi connectivity index (χ3v) is 4.66. The van der Waals surface area contributed by atoms with Crippen LogP contribution in [0.25, 0.3) is 0 Å². The maximum absolute atomic E-state index is 12.6. The summed E-state index contributed by atoms with van der Waals surface area (Å²) in [5.41, 5.74) is 0. The third kappa shape index (κ3) is 2.82. The van der Waals surface area contributed by atoms with Crippen molar-refractivity contribution < 1.29 is 14.0 Å². The zero-order valence-corrected chi connectivity index (χ0v) is 12.5. The fraction of sp³-hybridized carbons (Fsp3) is 0.625. The van der Waals surface area contributed by atoms with E-state index in [1.165, 1.54) is 25.5 Å². The molecule has 1 saturated carbocycles. The number of hydrogen-bond donors (Lipinski definition) is 0. The summed E-state index contributed by atoms with van der Waals surface area (Å²) < 4.78 is 5.17. The lowest BCUT2D eigenvalue weighted by Crippen LogP contribution is -2.48. The van der Waals surface area contributed by atoms with E-state index in [9.17, 15) is 9.59 Å². The molecule has 2 heterocycles. The second-order valence-corrected chi connectivity index (χ2v) is 6.15. The van der Waals surface area contributed by atoms with E-state index in [0.717, 1.165) is 19.4 Å². The molecule has 5 nitrogen and oxygen atoms in total. The van der Waals surface area contributed by atoms with Crippen LogP contribution in [0.4, 0.5) is 0 Å². The molecule has 1 saturated heterocycles. The Kier molecular flexibility index (Phi) is 3.99. The van der Waals surface area contributed by atoms with E-state index in [1.54, 1.807) is 17.0 Å². The standard InChI is InChI=1S/C16H22N2O3/c1-17(11-12-5-2-6-12)15(19)13-7-3-9-18(13)16(20)14-8-4-10-21-14/h4,8,10,12-13H,2-3,5-7,9,11H2,1H3. The van der Waals surface area contributed by atoms with Crippen LogP contribution in [-0.2, 0) is 4.79 Å². The summed E-state index contributed by atoms with van der Waals surface area (Å²) >= 11 is 0. The molecule has 1 aliphatic carbocycles. The van der Waals surface area contributed by atoms with Gasteiger partial charge >= 0.3 is 0 Å². The number of likely N-dealkylation sites (tertiary alicyclic amines) is 1. The Hall–Kier alpha value is -1.78. The molecule has 1 unspecified atom stereocenters. The van der Waals surface area contributed by atoms with E-state index in [-0.39, 0.29) is 17.9 Å². The maximum atomic E-state index is 12.6. The zero-order chi connectivity index (χ0) is 14.8. The van der Waals surface area contributed by atoms with Gasteiger partial charge in [0.2, 0.25) is 5.91 Å². The van der Waals surface area contributed by atoms with E-state index >= 15 is 0 Å². The maximum Gasteiger partial charge on any atom is 0.290 e. The molecule has 1 aromatic heterocycles. The zero-order valence-electron chi connectivity index (χ0n) is 12.5. The first-order valence-electron chi connectivity index (χ1n) is 7.76. The average Bonchev–Trinajstić information content (AvgIpc) is 3.11. The van der Waals surface area contributed by atoms with Crippen molar-refractivity contribution in [1.29, 1.82) is 0 Å². The van der Waals surface area contributed by atoms with Gasteiger partial charge in [0.15, 0.2) is 5.76 Å². The van der Waals surface area contributed by atoms with Gasteiger partial charge in [-0.05, 0) is 43.7 Å². The van der Waals surface area contributed by atoms with Gasteiger partial charge in [0, 0.05) is 20.1 Å². The second-order valence-electron chi connectivity index (χ2n) is 6.15. The molecule has 1 atom stereocenters. The Morgan fingerprint density at radius 2 is 2.14 bits per heavy atom. The highest BCUT2D eigenvalue weighted by Crippen LogP contribution is 2.28. The largest absolute Gasteiger partial charge is 0.459 e. The number of nitrogens with zero attached hydrogens (tertiary/aromatic N) is 2. The molecular weight excluding hydrogens is 268 g/mol. The summed E-state index contributed by atoms with van der Waals surface area (Å²) in [7, 11) is 1.86. The first-order valence-corrected chi connectivity index (χ1v) is 7.76. The molecule has 1 aliphatic heterocycles. The van der Waals surface area contributed by atoms with Gasteiger partial charge in [0.05, 0.1) is 6.26 Å². The number of hydrogen-bond acceptors (Lipinski definition) is 3. The van der Waals surface area contributed by atoms with Gasteiger partial charge in [-0.15, -0.1) is 0 Å². The Morgan fingerprint density at radius 3 is 2.76 bits per heavy atom. The number of carbonyl (C=O) groups excluding carboxylic acids is 2. The SMILES string of the molecule is CN(CC1CCC1)C(=O)C1CCCN1C(=O)c1ccco1. The molecule has 2 aliphatic rings. The smallest absolute Gasteiger partial charge is 0.290 e. The van der Waals surface area contributed by atoms with Crippen LogP contribution in [0, 0.1) is 5.92 Å². The number of amides is 2. The topological polar surface area (TPSA) is 53.8 Å². The summed E-state index contributed by atoms with van der Waals surface area (Å²) in [4.78, 5) is 28.5. The van der Waals surface area contributed by atoms with Gasteiger partial charge in [-0.2, -0.15) is 0 Å². The van der Waals surface area contributed by atoms with Crippen LogP contribution >= 0.6 is 0 Å². The van der Waals surface area contributed by atoms with Crippen LogP contribution in [0.3, 0.4) is 0 Å². The number of likely N-dealkylation sites (N-methyl/N-ethyl adjacent to an activating group) is 1. The number of furan rings is 1. The van der Waals surface area contributed by atoms with Crippen LogP contribution in [0.15, 0.2) is 22.8 Å². The lowest BCUT2D eigenvalue weighted by Gasteiger charge is -2.33. The summed E-state index contributed by atoms with van der Waals surface area (Å²) in [6, 6.07) is 3.02. The molecule has 1 aromatic rings. The van der Waals surface area contributed by atoms with Gasteiger partial charge in [-0.1, -0.05) is 6.42 Å². The minimum Gasteiger partial charge on any atom is -0.459 e. The van der Waals surface area contributed by atoms with Crippen LogP contribution in [0.2, 0.25) is 0 Å². The van der Waals surface area contributed by atoms with Crippen LogP contribution < -0.4 is 0 Å². The molecule has 5 heteroatoms. The molecule has 0 aromatic carbocycles. The van der Waals surface area contributed by atoms with E-state index < -0.39 is 0 Å². The summed E-state index contributed by atoms with van der Waals surface area (Å²) in [5, 5.41) is 0. The Bertz CT molecular complexity index is 508. The summed E-state index contributed by atoms with van der Waals surface area (Å²) in [6.07, 6.45) is 6.83. The molecular formula is C16H22N2O3. The molecule has 0 spiro atoms. The lowest BCUT2D eigenvalue weighted by atomic mass is 9.85. The van der Waals surface area contributed by atoms with Crippen molar-refractivity contribution in [1.82, 2.24) is 9.80 Å². The first kappa shape index (κ1) is 14.2. The number of rotatable bonds is 4. The van der Waals surface area contributed by atoms with E-state index in [1.807, 2.05) is 11.9 Å². The normalized spacial score (nSPS) is 22.1. The predicted octanol–water partition coefficient (Wildman–Crippen LogP) is 2.14. The molecule has 2 amide bonds. The highest BCUT2D eigenvalue weighted by molar-refractivity contribution is 5.95. The lowest BCUT2D eigenvalue weighted by molar-refractivity contribution is -0.134. The summed E-state index contributed by atoms with van der Waals surface area (Å²) in [6.45, 7) is 1.45. The minimum atomic E-state index is -0.326. The quantitative estimate of drug-likeness (QED) is 0.853. The van der Waals surface area contributed by atoms with Gasteiger partial charge < -0.3 is 14.2 Å². The van der Waals surface area contributed by atoms with Crippen LogP contribution in [0.5, 0.6) is 0 Å². The Balaban J connectivity index is 1.65. The van der Waals surface area contributed by atoms with Crippen molar-refractivity contribution in [3.8, 4) is 0 Å². The van der Waals surface area contributed by atoms with Crippen LogP contribution in [-0.4, -0.2) is 47.8 Å². The van der Waals surface area contributed by atoms with E-state index in [4.69, 9.17) is 4.42 Å². The van der Waals surface area contributed by atoms with Gasteiger partial charge in [0.1, 0.15) is 6.04 Å². The minimum absolute atomic E-state index is 0.0688. The molecule has 21 heavy (non-hydrogen) atoms. The average molecular weight is 290 g/mol. The fourth-order valence-electron chi connectivity index (χ4n) is 3.22. The van der Waals surface area contributed by atoms with Crippen molar-refractivity contribution in [2.45, 2.75) is 38.1 Å². The second kappa shape index (κ2) is 5.92. The first-order chi connectivity index (χ1) is 10.2. The van der Waals surface area contributed by atoms with Crippen molar-refractivity contribution in [3.05, 3.63) is 24.2 Å². The Labute approximate surface area is 124 Å². The molecule has 3 rings (SSSR count). The molecule has 0 bridgehead atoms. The van der Waals surface area contributed by atoms with E-state index in [2.05, 4.69) is 0 Å². The van der Waals surface area contributed by atoms with E-state index in [0.29, 0.717) is 18.2 Å². The van der Waals surface area contributed by atoms with Gasteiger partial charge in [-0.25, -0.2) is 0 Å². The predicted molar refractivity (Wildman–Crippen MR) is 77.7 cm³/mol. The number of carbonyl (C=O) groups is 2. The van der Waals surface area contributed by atoms with Gasteiger partial charge in [-0.3, -0.25) is 9.59 Å². The molecule has 0 N–H and O–H groups in total. The van der Waals surface area contributed by atoms with Crippen molar-refractivity contribution >= 4 is 11.8 Å². The van der Waals surface area contributed by atoms with Crippen molar-refractivity contribution in [2.75, 3.05) is 20.1 Å². The molecule has 114 valence electrons. The third-order valence-electron chi connectivity index (χ3n) is 4.66. The van der Waals surface area contributed by atoms with Gasteiger partial charge in [0.25, 0.3) is 5.91 Å². The fourth-order valence-corrected chi connectivity index (χ4v) is 3.22. The van der Waals surface area contributed by atoms with Crippen LogP contribution in [0.1, 0.15) is 42.7 Å². The van der Waals surface area contributed by atoms with Crippen molar-refractivity contribution in [2.24, 2.45) is 5.92 Å². The summed E-state index contributed by atoms with van der Waals surface area (Å²) in [5.74, 6) is 0.859.